The van der Waals surface area contributed by atoms with E-state index >= 15 is 0 Å². The maximum absolute atomic E-state index is 12.5. The summed E-state index contributed by atoms with van der Waals surface area (Å²) in [6.07, 6.45) is 2.98. The summed E-state index contributed by atoms with van der Waals surface area (Å²) < 4.78 is 5.18. The van der Waals surface area contributed by atoms with Gasteiger partial charge in [-0.15, -0.1) is 0 Å². The molecule has 0 spiro atoms. The zero-order chi connectivity index (χ0) is 20.1. The predicted octanol–water partition coefficient (Wildman–Crippen LogP) is 4.15. The van der Waals surface area contributed by atoms with E-state index in [0.29, 0.717) is 17.0 Å². The van der Waals surface area contributed by atoms with Gasteiger partial charge in [0.1, 0.15) is 11.5 Å². The number of hydrogen-bond acceptors (Lipinski definition) is 4. The lowest BCUT2D eigenvalue weighted by Gasteiger charge is -2.19. The molecule has 0 bridgehead atoms. The zero-order valence-electron chi connectivity index (χ0n) is 16.2. The molecule has 3 aromatic rings. The molecule has 2 heterocycles. The van der Waals surface area contributed by atoms with E-state index < -0.39 is 0 Å². The van der Waals surface area contributed by atoms with Crippen LogP contribution in [-0.2, 0) is 12.0 Å². The Morgan fingerprint density at radius 2 is 1.79 bits per heavy atom. The van der Waals surface area contributed by atoms with Crippen LogP contribution in [0.5, 0.6) is 0 Å². The largest absolute Gasteiger partial charge is 0.467 e. The van der Waals surface area contributed by atoms with Crippen LogP contribution in [0.25, 0.3) is 0 Å². The summed E-state index contributed by atoms with van der Waals surface area (Å²) in [7, 11) is 0. The summed E-state index contributed by atoms with van der Waals surface area (Å²) in [5.41, 5.74) is 2.45. The van der Waals surface area contributed by atoms with Crippen molar-refractivity contribution in [1.82, 2.24) is 10.3 Å². The molecule has 0 radical (unpaired) electrons. The first-order valence-electron chi connectivity index (χ1n) is 9.01. The van der Waals surface area contributed by atoms with Crippen molar-refractivity contribution in [3.05, 3.63) is 83.6 Å². The van der Waals surface area contributed by atoms with E-state index in [1.165, 1.54) is 17.8 Å². The summed E-state index contributed by atoms with van der Waals surface area (Å²) >= 11 is 0. The fraction of sp³-hybridized carbons (Fsp3) is 0.227. The maximum Gasteiger partial charge on any atom is 0.270 e. The van der Waals surface area contributed by atoms with Crippen LogP contribution in [-0.4, -0.2) is 16.8 Å². The fourth-order valence-electron chi connectivity index (χ4n) is 2.62. The average molecular weight is 377 g/mol. The molecule has 0 atom stereocenters. The van der Waals surface area contributed by atoms with Crippen LogP contribution >= 0.6 is 0 Å². The Labute approximate surface area is 164 Å². The van der Waals surface area contributed by atoms with Crippen molar-refractivity contribution in [3.8, 4) is 0 Å². The standard InChI is InChI=1S/C22H23N3O3/c1-22(2,3)16-6-8-17(9-7-16)25-20(26)15-10-11-23-19(13-15)21(27)24-14-18-5-4-12-28-18/h4-13H,14H2,1-3H3,(H,24,27)(H,25,26). The van der Waals surface area contributed by atoms with Crippen LogP contribution in [0.2, 0.25) is 0 Å². The van der Waals surface area contributed by atoms with Gasteiger partial charge in [-0.05, 0) is 47.4 Å². The van der Waals surface area contributed by atoms with Gasteiger partial charge < -0.3 is 15.1 Å². The molecule has 3 rings (SSSR count). The molecule has 6 nitrogen and oxygen atoms in total. The normalized spacial score (nSPS) is 11.1. The van der Waals surface area contributed by atoms with E-state index in [-0.39, 0.29) is 29.5 Å². The Morgan fingerprint density at radius 1 is 1.04 bits per heavy atom. The van der Waals surface area contributed by atoms with Crippen LogP contribution in [0.4, 0.5) is 5.69 Å². The lowest BCUT2D eigenvalue weighted by molar-refractivity contribution is 0.0943. The molecule has 28 heavy (non-hydrogen) atoms. The second-order valence-corrected chi connectivity index (χ2v) is 7.47. The van der Waals surface area contributed by atoms with Crippen molar-refractivity contribution in [2.45, 2.75) is 32.7 Å². The van der Waals surface area contributed by atoms with Crippen molar-refractivity contribution >= 4 is 17.5 Å². The van der Waals surface area contributed by atoms with Crippen LogP contribution < -0.4 is 10.6 Å². The minimum Gasteiger partial charge on any atom is -0.467 e. The average Bonchev–Trinajstić information content (AvgIpc) is 3.19. The van der Waals surface area contributed by atoms with E-state index in [9.17, 15) is 9.59 Å². The summed E-state index contributed by atoms with van der Waals surface area (Å²) in [6, 6.07) is 14.3. The first kappa shape index (κ1) is 19.4. The summed E-state index contributed by atoms with van der Waals surface area (Å²) in [5.74, 6) is -0.0347. The number of carbonyl (C=O) groups is 2. The van der Waals surface area contributed by atoms with Gasteiger partial charge in [0.2, 0.25) is 0 Å². The van der Waals surface area contributed by atoms with Crippen molar-refractivity contribution in [3.63, 3.8) is 0 Å². The van der Waals surface area contributed by atoms with E-state index in [2.05, 4.69) is 36.4 Å². The molecule has 0 aliphatic rings. The molecule has 144 valence electrons. The summed E-state index contributed by atoms with van der Waals surface area (Å²) in [5, 5.41) is 5.55. The molecule has 0 aliphatic heterocycles. The van der Waals surface area contributed by atoms with Gasteiger partial charge in [0.05, 0.1) is 12.8 Å². The topological polar surface area (TPSA) is 84.2 Å². The molecule has 2 N–H and O–H groups in total. The van der Waals surface area contributed by atoms with Gasteiger partial charge >= 0.3 is 0 Å². The predicted molar refractivity (Wildman–Crippen MR) is 107 cm³/mol. The van der Waals surface area contributed by atoms with Crippen molar-refractivity contribution in [2.75, 3.05) is 5.32 Å². The van der Waals surface area contributed by atoms with Gasteiger partial charge in [-0.1, -0.05) is 32.9 Å². The molecule has 0 fully saturated rings. The van der Waals surface area contributed by atoms with E-state index in [1.54, 1.807) is 24.5 Å². The Bertz CT molecular complexity index is 955. The van der Waals surface area contributed by atoms with E-state index in [4.69, 9.17) is 4.42 Å². The van der Waals surface area contributed by atoms with Crippen molar-refractivity contribution in [2.24, 2.45) is 0 Å². The lowest BCUT2D eigenvalue weighted by Crippen LogP contribution is -2.24. The molecule has 1 aromatic carbocycles. The lowest BCUT2D eigenvalue weighted by atomic mass is 9.87. The molecule has 0 unspecified atom stereocenters. The van der Waals surface area contributed by atoms with Crippen LogP contribution in [0, 0.1) is 0 Å². The number of rotatable bonds is 5. The highest BCUT2D eigenvalue weighted by Gasteiger charge is 2.15. The third kappa shape index (κ3) is 4.85. The number of anilines is 1. The number of hydrogen-bond donors (Lipinski definition) is 2. The molecule has 2 aromatic heterocycles. The highest BCUT2D eigenvalue weighted by molar-refractivity contribution is 6.05. The number of carbonyl (C=O) groups excluding carboxylic acids is 2. The molecule has 0 saturated heterocycles. The van der Waals surface area contributed by atoms with Gasteiger partial charge in [0.25, 0.3) is 11.8 Å². The second kappa shape index (κ2) is 8.08. The third-order valence-corrected chi connectivity index (χ3v) is 4.27. The minimum absolute atomic E-state index is 0.0472. The monoisotopic (exact) mass is 377 g/mol. The highest BCUT2D eigenvalue weighted by Crippen LogP contribution is 2.23. The molecule has 0 aliphatic carbocycles. The molecule has 2 amide bonds. The highest BCUT2D eigenvalue weighted by atomic mass is 16.3. The first-order valence-corrected chi connectivity index (χ1v) is 9.01. The first-order chi connectivity index (χ1) is 13.3. The van der Waals surface area contributed by atoms with Gasteiger partial charge in [0.15, 0.2) is 0 Å². The van der Waals surface area contributed by atoms with E-state index in [1.807, 2.05) is 24.3 Å². The van der Waals surface area contributed by atoms with Crippen LogP contribution in [0.1, 0.15) is 52.9 Å². The number of aromatic nitrogens is 1. The maximum atomic E-state index is 12.5. The summed E-state index contributed by atoms with van der Waals surface area (Å²) in [6.45, 7) is 6.66. The number of furan rings is 1. The Balaban J connectivity index is 1.65. The molecular formula is C22H23N3O3. The van der Waals surface area contributed by atoms with Gasteiger partial charge in [0, 0.05) is 17.4 Å². The van der Waals surface area contributed by atoms with E-state index in [0.717, 1.165) is 0 Å². The Hall–Kier alpha value is -3.41. The smallest absolute Gasteiger partial charge is 0.270 e. The Morgan fingerprint density at radius 3 is 2.43 bits per heavy atom. The van der Waals surface area contributed by atoms with Crippen molar-refractivity contribution < 1.29 is 14.0 Å². The number of nitrogens with zero attached hydrogens (tertiary/aromatic N) is 1. The summed E-state index contributed by atoms with van der Waals surface area (Å²) in [4.78, 5) is 28.8. The van der Waals surface area contributed by atoms with Gasteiger partial charge in [-0.2, -0.15) is 0 Å². The third-order valence-electron chi connectivity index (χ3n) is 4.27. The molecule has 0 saturated carbocycles. The van der Waals surface area contributed by atoms with Crippen LogP contribution in [0.3, 0.4) is 0 Å². The number of pyridine rings is 1. The number of nitrogens with one attached hydrogen (secondary N) is 2. The SMILES string of the molecule is CC(C)(C)c1ccc(NC(=O)c2ccnc(C(=O)NCc3ccco3)c2)cc1. The van der Waals surface area contributed by atoms with Gasteiger partial charge in [-0.3, -0.25) is 14.6 Å². The van der Waals surface area contributed by atoms with Crippen molar-refractivity contribution in [1.29, 1.82) is 0 Å². The quantitative estimate of drug-likeness (QED) is 0.699. The number of amides is 2. The van der Waals surface area contributed by atoms with Gasteiger partial charge in [-0.25, -0.2) is 0 Å². The fourth-order valence-corrected chi connectivity index (χ4v) is 2.62. The minimum atomic E-state index is -0.374. The molecule has 6 heteroatoms. The zero-order valence-corrected chi connectivity index (χ0v) is 16.2. The Kier molecular flexibility index (Phi) is 5.59. The van der Waals surface area contributed by atoms with Crippen LogP contribution in [0.15, 0.2) is 65.4 Å². The second-order valence-electron chi connectivity index (χ2n) is 7.47. The number of benzene rings is 1. The molecular weight excluding hydrogens is 354 g/mol.